The van der Waals surface area contributed by atoms with Gasteiger partial charge >= 0.3 is 5.97 Å². The number of ether oxygens (including phenoxy) is 1. The smallest absolute Gasteiger partial charge is 0.335 e. The van der Waals surface area contributed by atoms with E-state index in [0.29, 0.717) is 18.0 Å². The molecule has 2 aromatic carbocycles. The Kier molecular flexibility index (Phi) is 5.35. The second-order valence-electron chi connectivity index (χ2n) is 7.59. The Bertz CT molecular complexity index is 1350. The number of aromatic nitrogens is 2. The van der Waals surface area contributed by atoms with Gasteiger partial charge in [0.2, 0.25) is 0 Å². The maximum Gasteiger partial charge on any atom is 0.335 e. The number of rotatable bonds is 5. The van der Waals surface area contributed by atoms with Crippen molar-refractivity contribution in [2.75, 3.05) is 11.5 Å². The summed E-state index contributed by atoms with van der Waals surface area (Å²) < 4.78 is 5.65. The van der Waals surface area contributed by atoms with Gasteiger partial charge in [-0.3, -0.25) is 9.78 Å². The number of carboxylic acid groups (broad SMARTS) is 1. The zero-order valence-electron chi connectivity index (χ0n) is 17.7. The van der Waals surface area contributed by atoms with E-state index in [0.717, 1.165) is 32.4 Å². The first-order valence-corrected chi connectivity index (χ1v) is 11.1. The molecule has 33 heavy (non-hydrogen) atoms. The highest BCUT2D eigenvalue weighted by atomic mass is 32.1. The van der Waals surface area contributed by atoms with Crippen LogP contribution in [-0.4, -0.2) is 33.6 Å². The lowest BCUT2D eigenvalue weighted by molar-refractivity contribution is -0.121. The molecule has 0 saturated carbocycles. The summed E-state index contributed by atoms with van der Waals surface area (Å²) in [5, 5.41) is 9.95. The van der Waals surface area contributed by atoms with Crippen LogP contribution in [0.4, 0.5) is 5.69 Å². The molecule has 8 heteroatoms. The summed E-state index contributed by atoms with van der Waals surface area (Å²) in [6, 6.07) is 18.0. The van der Waals surface area contributed by atoms with Gasteiger partial charge in [-0.1, -0.05) is 18.2 Å². The van der Waals surface area contributed by atoms with Gasteiger partial charge < -0.3 is 14.7 Å². The molecule has 5 rings (SSSR count). The number of pyridine rings is 1. The standard InChI is InChI=1S/C25H19N3O4S/c1-15-23(27-24(33-15)19-4-2-3-11-26-19)18-9-10-21-20(12-18)28(22(29)14-32-21)13-16-5-7-17(8-6-16)25(30)31/h2-12H,13-14H2,1H3,(H,30,31). The van der Waals surface area contributed by atoms with E-state index in [-0.39, 0.29) is 18.1 Å². The van der Waals surface area contributed by atoms with E-state index < -0.39 is 5.97 Å². The quantitative estimate of drug-likeness (QED) is 0.463. The molecule has 1 N–H and O–H groups in total. The summed E-state index contributed by atoms with van der Waals surface area (Å²) in [6.45, 7) is 2.29. The van der Waals surface area contributed by atoms with Crippen LogP contribution in [0.1, 0.15) is 20.8 Å². The number of aromatic carboxylic acids is 1. The third kappa shape index (κ3) is 4.08. The minimum atomic E-state index is -0.984. The summed E-state index contributed by atoms with van der Waals surface area (Å²) in [6.07, 6.45) is 1.74. The highest BCUT2D eigenvalue weighted by molar-refractivity contribution is 7.15. The van der Waals surface area contributed by atoms with Crippen LogP contribution in [0.5, 0.6) is 5.75 Å². The molecule has 0 unspecified atom stereocenters. The Morgan fingerprint density at radius 1 is 1.15 bits per heavy atom. The first kappa shape index (κ1) is 20.8. The highest BCUT2D eigenvalue weighted by Gasteiger charge is 2.27. The molecule has 1 aliphatic heterocycles. The van der Waals surface area contributed by atoms with Crippen LogP contribution in [0.2, 0.25) is 0 Å². The van der Waals surface area contributed by atoms with Crippen LogP contribution in [-0.2, 0) is 11.3 Å². The predicted molar refractivity (Wildman–Crippen MR) is 126 cm³/mol. The molecule has 0 fully saturated rings. The molecule has 3 heterocycles. The third-order valence-corrected chi connectivity index (χ3v) is 6.39. The lowest BCUT2D eigenvalue weighted by Gasteiger charge is -2.30. The second-order valence-corrected chi connectivity index (χ2v) is 8.80. The van der Waals surface area contributed by atoms with Crippen molar-refractivity contribution in [1.82, 2.24) is 9.97 Å². The molecule has 0 spiro atoms. The fourth-order valence-electron chi connectivity index (χ4n) is 3.72. The van der Waals surface area contributed by atoms with Crippen molar-refractivity contribution in [2.45, 2.75) is 13.5 Å². The summed E-state index contributed by atoms with van der Waals surface area (Å²) in [5.74, 6) is -0.521. The topological polar surface area (TPSA) is 92.6 Å². The molecule has 0 aliphatic carbocycles. The molecule has 0 radical (unpaired) electrons. The normalized spacial score (nSPS) is 12.9. The largest absolute Gasteiger partial charge is 0.482 e. The van der Waals surface area contributed by atoms with Crippen LogP contribution >= 0.6 is 11.3 Å². The van der Waals surface area contributed by atoms with Crippen LogP contribution in [0.25, 0.3) is 22.0 Å². The Balaban J connectivity index is 1.49. The lowest BCUT2D eigenvalue weighted by atomic mass is 10.1. The maximum absolute atomic E-state index is 12.7. The number of amides is 1. The number of aryl methyl sites for hydroxylation is 1. The van der Waals surface area contributed by atoms with E-state index in [2.05, 4.69) is 4.98 Å². The molecule has 4 aromatic rings. The van der Waals surface area contributed by atoms with Crippen molar-refractivity contribution in [2.24, 2.45) is 0 Å². The molecule has 164 valence electrons. The van der Waals surface area contributed by atoms with E-state index in [1.54, 1.807) is 34.6 Å². The van der Waals surface area contributed by atoms with Gasteiger partial charge in [0.15, 0.2) is 6.61 Å². The van der Waals surface area contributed by atoms with Crippen LogP contribution < -0.4 is 9.64 Å². The van der Waals surface area contributed by atoms with Gasteiger partial charge in [-0.15, -0.1) is 11.3 Å². The molecule has 0 saturated heterocycles. The fourth-order valence-corrected chi connectivity index (χ4v) is 4.63. The van der Waals surface area contributed by atoms with Gasteiger partial charge in [0.1, 0.15) is 10.8 Å². The highest BCUT2D eigenvalue weighted by Crippen LogP contribution is 2.39. The van der Waals surface area contributed by atoms with E-state index in [1.807, 2.05) is 43.3 Å². The Hall–Kier alpha value is -4.04. The van der Waals surface area contributed by atoms with Crippen molar-refractivity contribution in [3.8, 4) is 27.7 Å². The van der Waals surface area contributed by atoms with Gasteiger partial charge in [-0.25, -0.2) is 9.78 Å². The van der Waals surface area contributed by atoms with E-state index >= 15 is 0 Å². The fraction of sp³-hybridized carbons (Fsp3) is 0.120. The van der Waals surface area contributed by atoms with Crippen molar-refractivity contribution >= 4 is 28.9 Å². The molecule has 1 amide bonds. The molecule has 0 bridgehead atoms. The average Bonchev–Trinajstić information content (AvgIpc) is 3.23. The predicted octanol–water partition coefficient (Wildman–Crippen LogP) is 4.80. The van der Waals surface area contributed by atoms with E-state index in [9.17, 15) is 9.59 Å². The first-order chi connectivity index (χ1) is 16.0. The number of thiazole rings is 1. The first-order valence-electron chi connectivity index (χ1n) is 10.3. The maximum atomic E-state index is 12.7. The van der Waals surface area contributed by atoms with Crippen LogP contribution in [0.3, 0.4) is 0 Å². The van der Waals surface area contributed by atoms with Gasteiger partial charge in [0.05, 0.1) is 29.2 Å². The SMILES string of the molecule is Cc1sc(-c2ccccn2)nc1-c1ccc2c(c1)N(Cc1ccc(C(=O)O)cc1)C(=O)CO2. The Morgan fingerprint density at radius 2 is 1.97 bits per heavy atom. The molecular formula is C25H19N3O4S. The zero-order chi connectivity index (χ0) is 22.9. The van der Waals surface area contributed by atoms with Crippen molar-refractivity contribution in [1.29, 1.82) is 0 Å². The molecule has 1 aliphatic rings. The van der Waals surface area contributed by atoms with Gasteiger partial charge in [-0.2, -0.15) is 0 Å². The van der Waals surface area contributed by atoms with Gasteiger partial charge in [0, 0.05) is 16.6 Å². The van der Waals surface area contributed by atoms with Crippen molar-refractivity contribution < 1.29 is 19.4 Å². The molecule has 2 aromatic heterocycles. The minimum absolute atomic E-state index is 0.0425. The number of hydrogen-bond acceptors (Lipinski definition) is 6. The summed E-state index contributed by atoms with van der Waals surface area (Å²) in [7, 11) is 0. The lowest BCUT2D eigenvalue weighted by Crippen LogP contribution is -2.38. The number of carboxylic acids is 1. The number of nitrogens with zero attached hydrogens (tertiary/aromatic N) is 3. The monoisotopic (exact) mass is 457 g/mol. The molecular weight excluding hydrogens is 438 g/mol. The number of carbonyl (C=O) groups excluding carboxylic acids is 1. The van der Waals surface area contributed by atoms with Gasteiger partial charge in [0.25, 0.3) is 5.91 Å². The zero-order valence-corrected chi connectivity index (χ0v) is 18.5. The molecule has 7 nitrogen and oxygen atoms in total. The second kappa shape index (κ2) is 8.48. The number of anilines is 1. The Morgan fingerprint density at radius 3 is 2.70 bits per heavy atom. The van der Waals surface area contributed by atoms with Crippen molar-refractivity contribution in [3.63, 3.8) is 0 Å². The minimum Gasteiger partial charge on any atom is -0.482 e. The van der Waals surface area contributed by atoms with E-state index in [4.69, 9.17) is 14.8 Å². The Labute approximate surface area is 193 Å². The van der Waals surface area contributed by atoms with Gasteiger partial charge in [-0.05, 0) is 55.0 Å². The summed E-state index contributed by atoms with van der Waals surface area (Å²) >= 11 is 1.57. The summed E-state index contributed by atoms with van der Waals surface area (Å²) in [4.78, 5) is 35.8. The average molecular weight is 458 g/mol. The van der Waals surface area contributed by atoms with Crippen LogP contribution in [0.15, 0.2) is 66.9 Å². The van der Waals surface area contributed by atoms with Crippen LogP contribution in [0, 0.1) is 6.92 Å². The number of benzene rings is 2. The third-order valence-electron chi connectivity index (χ3n) is 5.40. The number of hydrogen-bond donors (Lipinski definition) is 1. The molecule has 0 atom stereocenters. The number of carbonyl (C=O) groups is 2. The van der Waals surface area contributed by atoms with E-state index in [1.165, 1.54) is 12.1 Å². The number of fused-ring (bicyclic) bond motifs is 1. The summed E-state index contributed by atoms with van der Waals surface area (Å²) in [5.41, 5.74) is 4.24. The van der Waals surface area contributed by atoms with Crippen molar-refractivity contribution in [3.05, 3.63) is 82.9 Å².